The molecule has 36 heavy (non-hydrogen) atoms. The Balaban J connectivity index is 1.84. The SMILES string of the molecule is C=C1C(C)=C(/C=C(/F)CC)C2(/C1=C/C=C\C)c1cc(Cl)ccc1-c1c2ccc2c1oc1ccccc12. The Morgan fingerprint density at radius 1 is 1.08 bits per heavy atom. The smallest absolute Gasteiger partial charge is 0.143 e. The zero-order valence-electron chi connectivity index (χ0n) is 20.6. The number of para-hydroxylation sites is 1. The average Bonchev–Trinajstić information content (AvgIpc) is 3.46. The van der Waals surface area contributed by atoms with E-state index in [2.05, 4.69) is 36.9 Å². The van der Waals surface area contributed by atoms with E-state index in [1.165, 1.54) is 0 Å². The van der Waals surface area contributed by atoms with Gasteiger partial charge in [0, 0.05) is 21.4 Å². The van der Waals surface area contributed by atoms with Crippen molar-refractivity contribution in [2.24, 2.45) is 0 Å². The van der Waals surface area contributed by atoms with Gasteiger partial charge in [0.05, 0.1) is 11.2 Å². The maximum atomic E-state index is 15.0. The fourth-order valence-corrected chi connectivity index (χ4v) is 6.22. The van der Waals surface area contributed by atoms with E-state index < -0.39 is 5.41 Å². The van der Waals surface area contributed by atoms with Crippen LogP contribution in [0.5, 0.6) is 0 Å². The molecule has 6 rings (SSSR count). The molecule has 0 bridgehead atoms. The number of fused-ring (bicyclic) bond motifs is 9. The molecule has 3 heteroatoms. The first-order valence-electron chi connectivity index (χ1n) is 12.3. The van der Waals surface area contributed by atoms with Crippen molar-refractivity contribution in [2.45, 2.75) is 32.6 Å². The van der Waals surface area contributed by atoms with Crippen LogP contribution in [0.4, 0.5) is 4.39 Å². The van der Waals surface area contributed by atoms with E-state index in [1.807, 2.05) is 63.3 Å². The summed E-state index contributed by atoms with van der Waals surface area (Å²) in [6.07, 6.45) is 8.17. The van der Waals surface area contributed by atoms with E-state index in [0.29, 0.717) is 11.4 Å². The van der Waals surface area contributed by atoms with E-state index in [-0.39, 0.29) is 5.83 Å². The van der Waals surface area contributed by atoms with Crippen LogP contribution in [0.15, 0.2) is 118 Å². The number of hydrogen-bond acceptors (Lipinski definition) is 1. The molecule has 1 heterocycles. The molecule has 0 fully saturated rings. The first kappa shape index (κ1) is 22.8. The molecule has 0 radical (unpaired) electrons. The van der Waals surface area contributed by atoms with Gasteiger partial charge in [0.15, 0.2) is 0 Å². The Labute approximate surface area is 215 Å². The lowest BCUT2D eigenvalue weighted by Crippen LogP contribution is -2.27. The van der Waals surface area contributed by atoms with Gasteiger partial charge in [-0.15, -0.1) is 0 Å². The highest BCUT2D eigenvalue weighted by Crippen LogP contribution is 2.64. The van der Waals surface area contributed by atoms with Crippen LogP contribution < -0.4 is 0 Å². The van der Waals surface area contributed by atoms with Gasteiger partial charge in [-0.05, 0) is 83.5 Å². The van der Waals surface area contributed by atoms with Crippen LogP contribution in [-0.4, -0.2) is 0 Å². The Kier molecular flexibility index (Phi) is 5.21. The number of hydrogen-bond donors (Lipinski definition) is 0. The molecule has 1 atom stereocenters. The minimum atomic E-state index is -0.740. The van der Waals surface area contributed by atoms with E-state index in [9.17, 15) is 0 Å². The maximum Gasteiger partial charge on any atom is 0.143 e. The van der Waals surface area contributed by atoms with Crippen molar-refractivity contribution in [1.82, 2.24) is 0 Å². The minimum Gasteiger partial charge on any atom is -0.455 e. The molecule has 0 saturated carbocycles. The van der Waals surface area contributed by atoms with Gasteiger partial charge in [0.25, 0.3) is 0 Å². The monoisotopic (exact) mass is 492 g/mol. The second kappa shape index (κ2) is 8.21. The van der Waals surface area contributed by atoms with Crippen LogP contribution >= 0.6 is 11.6 Å². The van der Waals surface area contributed by atoms with Crippen LogP contribution in [0.2, 0.25) is 5.02 Å². The highest BCUT2D eigenvalue weighted by atomic mass is 35.5. The molecule has 1 unspecified atom stereocenters. The zero-order chi connectivity index (χ0) is 25.2. The van der Waals surface area contributed by atoms with Gasteiger partial charge in [-0.1, -0.05) is 79.7 Å². The predicted molar refractivity (Wildman–Crippen MR) is 149 cm³/mol. The summed E-state index contributed by atoms with van der Waals surface area (Å²) < 4.78 is 21.5. The van der Waals surface area contributed by atoms with Gasteiger partial charge in [0.2, 0.25) is 0 Å². The molecule has 1 nitrogen and oxygen atoms in total. The first-order chi connectivity index (χ1) is 17.4. The summed E-state index contributed by atoms with van der Waals surface area (Å²) in [5.74, 6) is -0.161. The Morgan fingerprint density at radius 3 is 2.67 bits per heavy atom. The van der Waals surface area contributed by atoms with Gasteiger partial charge in [-0.2, -0.15) is 0 Å². The molecule has 4 aromatic rings. The topological polar surface area (TPSA) is 13.1 Å². The number of halogens is 2. The van der Waals surface area contributed by atoms with Crippen molar-refractivity contribution in [3.63, 3.8) is 0 Å². The molecule has 0 aliphatic heterocycles. The largest absolute Gasteiger partial charge is 0.455 e. The van der Waals surface area contributed by atoms with Crippen molar-refractivity contribution in [2.75, 3.05) is 0 Å². The van der Waals surface area contributed by atoms with Gasteiger partial charge in [0.1, 0.15) is 11.2 Å². The Bertz CT molecular complexity index is 1730. The molecule has 178 valence electrons. The minimum absolute atomic E-state index is 0.161. The van der Waals surface area contributed by atoms with Crippen LogP contribution in [0, 0.1) is 0 Å². The summed E-state index contributed by atoms with van der Waals surface area (Å²) in [5.41, 5.74) is 8.96. The molecule has 3 aromatic carbocycles. The van der Waals surface area contributed by atoms with Gasteiger partial charge >= 0.3 is 0 Å². The molecule has 1 spiro atoms. The molecule has 0 saturated heterocycles. The Hall–Kier alpha value is -3.62. The number of furan rings is 1. The lowest BCUT2D eigenvalue weighted by molar-refractivity contribution is 0.599. The van der Waals surface area contributed by atoms with Crippen molar-refractivity contribution in [3.05, 3.63) is 130 Å². The highest BCUT2D eigenvalue weighted by Gasteiger charge is 2.53. The quantitative estimate of drug-likeness (QED) is 0.277. The van der Waals surface area contributed by atoms with Crippen molar-refractivity contribution in [1.29, 1.82) is 0 Å². The zero-order valence-corrected chi connectivity index (χ0v) is 21.3. The lowest BCUT2D eigenvalue weighted by Gasteiger charge is -2.32. The molecule has 2 aliphatic rings. The molecule has 0 N–H and O–H groups in total. The van der Waals surface area contributed by atoms with Crippen molar-refractivity contribution >= 4 is 33.5 Å². The summed E-state index contributed by atoms with van der Waals surface area (Å²) in [6, 6.07) is 18.4. The lowest BCUT2D eigenvalue weighted by atomic mass is 9.69. The van der Waals surface area contributed by atoms with Crippen molar-refractivity contribution < 1.29 is 8.81 Å². The number of rotatable bonds is 3. The van der Waals surface area contributed by atoms with E-state index >= 15 is 4.39 Å². The second-order valence-electron chi connectivity index (χ2n) is 9.47. The first-order valence-corrected chi connectivity index (χ1v) is 12.7. The standard InChI is InChI=1S/C33H26ClFO/c1-5-7-11-26-19(3)20(4)28(18-22(35)6-2)33(26)27-16-15-24-23-10-8-9-12-30(23)36-32(24)31(27)25-14-13-21(34)17-29(25)33/h5,7-18H,3,6H2,1-2,4H3/b7-5-,22-18+,26-11+. The molecule has 2 aliphatic carbocycles. The summed E-state index contributed by atoms with van der Waals surface area (Å²) in [7, 11) is 0. The van der Waals surface area contributed by atoms with Crippen molar-refractivity contribution in [3.8, 4) is 11.1 Å². The summed E-state index contributed by atoms with van der Waals surface area (Å²) in [4.78, 5) is 0. The summed E-state index contributed by atoms with van der Waals surface area (Å²) >= 11 is 6.63. The molecular weight excluding hydrogens is 467 g/mol. The highest BCUT2D eigenvalue weighted by molar-refractivity contribution is 6.31. The third-order valence-electron chi connectivity index (χ3n) is 7.69. The second-order valence-corrected chi connectivity index (χ2v) is 9.91. The Morgan fingerprint density at radius 2 is 1.89 bits per heavy atom. The summed E-state index contributed by atoms with van der Waals surface area (Å²) in [6.45, 7) is 10.3. The summed E-state index contributed by atoms with van der Waals surface area (Å²) in [5, 5.41) is 2.79. The van der Waals surface area contributed by atoms with Gasteiger partial charge in [-0.3, -0.25) is 0 Å². The normalized spacial score (nSPS) is 20.6. The average molecular weight is 493 g/mol. The van der Waals surface area contributed by atoms with E-state index in [1.54, 1.807) is 6.08 Å². The fourth-order valence-electron chi connectivity index (χ4n) is 6.05. The fraction of sp³-hybridized carbons (Fsp3) is 0.152. The number of allylic oxidation sites excluding steroid dienone is 9. The molecule has 0 amide bonds. The maximum absolute atomic E-state index is 15.0. The van der Waals surface area contributed by atoms with Gasteiger partial charge in [-0.25, -0.2) is 4.39 Å². The third-order valence-corrected chi connectivity index (χ3v) is 7.92. The predicted octanol–water partition coefficient (Wildman–Crippen LogP) is 10.2. The van der Waals surface area contributed by atoms with E-state index in [4.69, 9.17) is 16.0 Å². The van der Waals surface area contributed by atoms with Crippen LogP contribution in [0.3, 0.4) is 0 Å². The van der Waals surface area contributed by atoms with E-state index in [0.717, 1.165) is 66.5 Å². The third kappa shape index (κ3) is 2.88. The number of benzene rings is 3. The molecular formula is C33H26ClFO. The molecule has 1 aromatic heterocycles. The van der Waals surface area contributed by atoms with Crippen LogP contribution in [0.1, 0.15) is 38.3 Å². The van der Waals surface area contributed by atoms with Gasteiger partial charge < -0.3 is 4.42 Å². The van der Waals surface area contributed by atoms with Crippen LogP contribution in [-0.2, 0) is 5.41 Å². The van der Waals surface area contributed by atoms with Crippen LogP contribution in [0.25, 0.3) is 33.1 Å².